The number of anilines is 1. The van der Waals surface area contributed by atoms with E-state index in [1.807, 2.05) is 74.4 Å². The van der Waals surface area contributed by atoms with Crippen LogP contribution in [0, 0.1) is 10.1 Å². The zero-order chi connectivity index (χ0) is 41.7. The second-order valence-electron chi connectivity index (χ2n) is 13.9. The molecule has 4 rings (SSSR count). The fourth-order valence-electron chi connectivity index (χ4n) is 5.79. The Morgan fingerprint density at radius 3 is 2.21 bits per heavy atom. The molecule has 3 amide bonds. The molecule has 0 fully saturated rings. The van der Waals surface area contributed by atoms with Crippen molar-refractivity contribution in [3.63, 3.8) is 0 Å². The number of nitrogens with zero attached hydrogens (tertiary/aromatic N) is 4. The number of methoxy groups -OCH3 is 1. The molecule has 1 atom stereocenters. The van der Waals surface area contributed by atoms with Gasteiger partial charge in [-0.3, -0.25) is 24.5 Å². The lowest BCUT2D eigenvalue weighted by molar-refractivity contribution is -0.384. The summed E-state index contributed by atoms with van der Waals surface area (Å²) in [6, 6.07) is 24.2. The number of nitro groups is 1. The van der Waals surface area contributed by atoms with E-state index in [9.17, 15) is 32.9 Å². The highest BCUT2D eigenvalue weighted by Crippen LogP contribution is 2.33. The number of hydrogen-bond acceptors (Lipinski definition) is 11. The highest BCUT2D eigenvalue weighted by atomic mass is 32.2. The topological polar surface area (TPSA) is 172 Å². The van der Waals surface area contributed by atoms with Gasteiger partial charge in [0.2, 0.25) is 11.8 Å². The van der Waals surface area contributed by atoms with Gasteiger partial charge in [-0.25, -0.2) is 13.1 Å². The summed E-state index contributed by atoms with van der Waals surface area (Å²) in [6.45, 7) is 1.59. The molecule has 304 valence electrons. The Morgan fingerprint density at radius 2 is 1.58 bits per heavy atom. The Morgan fingerprint density at radius 1 is 0.877 bits per heavy atom. The number of amides is 3. The van der Waals surface area contributed by atoms with Crippen molar-refractivity contribution in [3.8, 4) is 16.9 Å². The average Bonchev–Trinajstić information content (AvgIpc) is 3.18. The predicted octanol–water partition coefficient (Wildman–Crippen LogP) is 5.78. The van der Waals surface area contributed by atoms with Crippen LogP contribution in [0.5, 0.6) is 5.75 Å². The van der Waals surface area contributed by atoms with Crippen molar-refractivity contribution < 1.29 is 32.5 Å². The molecule has 0 saturated heterocycles. The number of ether oxygens (including phenoxy) is 1. The van der Waals surface area contributed by atoms with E-state index in [0.717, 1.165) is 35.1 Å². The lowest BCUT2D eigenvalue weighted by Gasteiger charge is -2.21. The van der Waals surface area contributed by atoms with Crippen molar-refractivity contribution in [2.45, 2.75) is 41.5 Å². The third-order valence-electron chi connectivity index (χ3n) is 9.05. The Balaban J connectivity index is 1.44. The van der Waals surface area contributed by atoms with E-state index in [2.05, 4.69) is 10.2 Å². The molecule has 4 aromatic carbocycles. The van der Waals surface area contributed by atoms with E-state index in [-0.39, 0.29) is 29.5 Å². The first-order chi connectivity index (χ1) is 27.1. The monoisotopic (exact) mass is 818 g/mol. The molecule has 0 spiro atoms. The van der Waals surface area contributed by atoms with E-state index in [4.69, 9.17) is 4.74 Å². The van der Waals surface area contributed by atoms with Crippen LogP contribution in [0.4, 0.5) is 11.4 Å². The first-order valence-electron chi connectivity index (χ1n) is 18.2. The summed E-state index contributed by atoms with van der Waals surface area (Å²) in [7, 11) is 6.05. The average molecular weight is 819 g/mol. The Bertz CT molecular complexity index is 2130. The Kier molecular flexibility index (Phi) is 16.0. The summed E-state index contributed by atoms with van der Waals surface area (Å²) in [4.78, 5) is 55.6. The highest BCUT2D eigenvalue weighted by molar-refractivity contribution is 7.99. The number of thioether (sulfide) groups is 1. The Labute approximate surface area is 338 Å². The van der Waals surface area contributed by atoms with Gasteiger partial charge in [-0.2, -0.15) is 0 Å². The van der Waals surface area contributed by atoms with Crippen LogP contribution in [0.2, 0.25) is 0 Å². The molecule has 0 aromatic heterocycles. The first-order valence-corrected chi connectivity index (χ1v) is 20.7. The minimum atomic E-state index is -4.53. The molecule has 14 nitrogen and oxygen atoms in total. The second kappa shape index (κ2) is 20.6. The van der Waals surface area contributed by atoms with Gasteiger partial charge in [0.15, 0.2) is 0 Å². The minimum absolute atomic E-state index is 0.0294. The molecule has 2 N–H and O–H groups in total. The van der Waals surface area contributed by atoms with Gasteiger partial charge in [-0.05, 0) is 87.1 Å². The summed E-state index contributed by atoms with van der Waals surface area (Å²) < 4.78 is 34.3. The maximum Gasteiger partial charge on any atom is 0.293 e. The molecular weight excluding hydrogens is 769 g/mol. The van der Waals surface area contributed by atoms with E-state index in [1.165, 1.54) is 40.9 Å². The second-order valence-corrected chi connectivity index (χ2v) is 16.7. The number of aryl methyl sites for hydroxylation is 1. The van der Waals surface area contributed by atoms with Crippen LogP contribution < -0.4 is 14.8 Å². The van der Waals surface area contributed by atoms with Gasteiger partial charge >= 0.3 is 0 Å². The van der Waals surface area contributed by atoms with Crippen LogP contribution in [0.25, 0.3) is 11.1 Å². The van der Waals surface area contributed by atoms with Crippen molar-refractivity contribution in [3.05, 3.63) is 112 Å². The van der Waals surface area contributed by atoms with Gasteiger partial charge < -0.3 is 24.8 Å². The largest absolute Gasteiger partial charge is 0.496 e. The predicted molar refractivity (Wildman–Crippen MR) is 223 cm³/mol. The summed E-state index contributed by atoms with van der Waals surface area (Å²) in [6.07, 6.45) is 1.82. The van der Waals surface area contributed by atoms with E-state index in [1.54, 1.807) is 38.2 Å². The standard InChI is InChI=1S/C41H50N6O8S2/c1-44(2)23-10-24-46(5)39(48)22-14-29-13-20-35(38(25-29)55-6)30-15-17-31(18-16-30)41(50)43-57(53,54)34-19-21-36(37(27-34)47(51)52)42-32(26-40(49)45(3)4)28-56-33-11-8-7-9-12-33/h7-9,11-13,15-21,25,27,32,42H,10,14,22-24,26,28H2,1-6H3,(H,43,50)/t32-/m1/s1. The van der Waals surface area contributed by atoms with Gasteiger partial charge in [0.05, 0.1) is 16.9 Å². The number of carbonyl (C=O) groups is 3. The van der Waals surface area contributed by atoms with Crippen molar-refractivity contribution in [1.29, 1.82) is 0 Å². The lowest BCUT2D eigenvalue weighted by Crippen LogP contribution is -2.32. The number of nitro benzene ring substituents is 1. The fourth-order valence-corrected chi connectivity index (χ4v) is 7.73. The number of carbonyl (C=O) groups excluding carboxylic acids is 3. The first kappa shape index (κ1) is 44.3. The molecule has 0 saturated carbocycles. The maximum atomic E-state index is 13.3. The third-order valence-corrected chi connectivity index (χ3v) is 11.6. The van der Waals surface area contributed by atoms with Gasteiger partial charge in [-0.1, -0.05) is 42.5 Å². The van der Waals surface area contributed by atoms with Crippen molar-refractivity contribution in [2.75, 3.05) is 66.5 Å². The van der Waals surface area contributed by atoms with E-state index >= 15 is 0 Å². The fraction of sp³-hybridized carbons (Fsp3) is 0.341. The normalized spacial score (nSPS) is 11.8. The third kappa shape index (κ3) is 13.1. The van der Waals surface area contributed by atoms with Crippen LogP contribution in [-0.2, 0) is 26.0 Å². The molecule has 0 unspecified atom stereocenters. The van der Waals surface area contributed by atoms with Crippen molar-refractivity contribution in [1.82, 2.24) is 19.4 Å². The molecular formula is C41H50N6O8S2. The minimum Gasteiger partial charge on any atom is -0.496 e. The molecule has 16 heteroatoms. The molecule has 0 aliphatic rings. The number of rotatable bonds is 20. The summed E-state index contributed by atoms with van der Waals surface area (Å²) >= 11 is 1.47. The highest BCUT2D eigenvalue weighted by Gasteiger charge is 2.26. The summed E-state index contributed by atoms with van der Waals surface area (Å²) in [5, 5.41) is 15.2. The molecule has 4 aromatic rings. The molecule has 0 radical (unpaired) electrons. The quantitative estimate of drug-likeness (QED) is 0.0629. The van der Waals surface area contributed by atoms with Crippen molar-refractivity contribution in [2.24, 2.45) is 0 Å². The van der Waals surface area contributed by atoms with Crippen LogP contribution >= 0.6 is 11.8 Å². The van der Waals surface area contributed by atoms with Gasteiger partial charge in [0.25, 0.3) is 21.6 Å². The summed E-state index contributed by atoms with van der Waals surface area (Å²) in [5.74, 6) is -0.0845. The number of hydrogen-bond donors (Lipinski definition) is 2. The van der Waals surface area contributed by atoms with Crippen LogP contribution in [-0.4, -0.2) is 113 Å². The number of sulfonamides is 1. The Hall–Kier alpha value is -5.45. The van der Waals surface area contributed by atoms with Gasteiger partial charge in [-0.15, -0.1) is 11.8 Å². The lowest BCUT2D eigenvalue weighted by atomic mass is 9.99. The summed E-state index contributed by atoms with van der Waals surface area (Å²) in [5.41, 5.74) is 1.92. The maximum absolute atomic E-state index is 13.3. The molecule has 0 aliphatic carbocycles. The molecule has 0 bridgehead atoms. The zero-order valence-corrected chi connectivity index (χ0v) is 34.7. The van der Waals surface area contributed by atoms with Gasteiger partial charge in [0.1, 0.15) is 11.4 Å². The zero-order valence-electron chi connectivity index (χ0n) is 33.1. The van der Waals surface area contributed by atoms with Crippen LogP contribution in [0.1, 0.15) is 35.2 Å². The van der Waals surface area contributed by atoms with E-state index < -0.39 is 37.5 Å². The van der Waals surface area contributed by atoms with Gasteiger partial charge in [0, 0.05) is 74.4 Å². The molecule has 0 aliphatic heterocycles. The SMILES string of the molecule is COc1cc(CCC(=O)N(C)CCCN(C)C)ccc1-c1ccc(C(=O)NS(=O)(=O)c2ccc(N[C@@H](CSc3ccccc3)CC(=O)N(C)C)c([N+](=O)[O-])c2)cc1. The van der Waals surface area contributed by atoms with Crippen LogP contribution in [0.15, 0.2) is 101 Å². The molecule has 57 heavy (non-hydrogen) atoms. The van der Waals surface area contributed by atoms with Crippen molar-refractivity contribution >= 4 is 50.9 Å². The number of nitrogens with one attached hydrogen (secondary N) is 2. The number of benzene rings is 4. The molecule has 0 heterocycles. The van der Waals surface area contributed by atoms with E-state index in [0.29, 0.717) is 36.5 Å². The van der Waals surface area contributed by atoms with Crippen LogP contribution in [0.3, 0.4) is 0 Å². The smallest absolute Gasteiger partial charge is 0.293 e.